The number of nitrogens with zero attached hydrogens (tertiary/aromatic N) is 4. The van der Waals surface area contributed by atoms with Gasteiger partial charge in [0.25, 0.3) is 0 Å². The molecule has 5 rings (SSSR count). The number of benzene rings is 1. The smallest absolute Gasteiger partial charge is 0.235 e. The average Bonchev–Trinajstić information content (AvgIpc) is 3.43. The van der Waals surface area contributed by atoms with Crippen molar-refractivity contribution in [1.29, 1.82) is 5.26 Å². The molecule has 158 valence electrons. The average molecular weight is 454 g/mol. The predicted octanol–water partition coefficient (Wildman–Crippen LogP) is 4.96. The van der Waals surface area contributed by atoms with Gasteiger partial charge in [-0.1, -0.05) is 23.9 Å². The lowest BCUT2D eigenvalue weighted by molar-refractivity contribution is -0.113. The van der Waals surface area contributed by atoms with E-state index in [2.05, 4.69) is 21.6 Å². The van der Waals surface area contributed by atoms with Crippen molar-refractivity contribution in [2.45, 2.75) is 49.7 Å². The molecular weight excluding hydrogens is 433 g/mol. The fourth-order valence-electron chi connectivity index (χ4n) is 3.93. The van der Waals surface area contributed by atoms with Gasteiger partial charge in [-0.05, 0) is 56.2 Å². The third kappa shape index (κ3) is 3.98. The van der Waals surface area contributed by atoms with Crippen LogP contribution in [0.25, 0.3) is 11.4 Å². The highest BCUT2D eigenvalue weighted by Gasteiger charge is 2.31. The van der Waals surface area contributed by atoms with Crippen LogP contribution in [-0.2, 0) is 17.6 Å². The molecule has 1 fully saturated rings. The summed E-state index contributed by atoms with van der Waals surface area (Å²) in [5.41, 5.74) is 2.13. The fourth-order valence-corrected chi connectivity index (χ4v) is 5.99. The number of carbonyl (C=O) groups excluding carboxylic acids is 1. The van der Waals surface area contributed by atoms with Gasteiger partial charge in [-0.3, -0.25) is 9.36 Å². The number of aryl methyl sites for hydroxylation is 1. The molecule has 0 aliphatic heterocycles. The van der Waals surface area contributed by atoms with Crippen molar-refractivity contribution in [3.8, 4) is 17.5 Å². The lowest BCUT2D eigenvalue weighted by atomic mass is 9.96. The Kier molecular flexibility index (Phi) is 5.50. The van der Waals surface area contributed by atoms with Crippen molar-refractivity contribution in [3.63, 3.8) is 0 Å². The Hall–Kier alpha value is -2.70. The van der Waals surface area contributed by atoms with Gasteiger partial charge >= 0.3 is 0 Å². The Morgan fingerprint density at radius 3 is 2.87 bits per heavy atom. The number of thiophene rings is 1. The zero-order valence-electron chi connectivity index (χ0n) is 16.7. The van der Waals surface area contributed by atoms with Crippen LogP contribution in [0.5, 0.6) is 0 Å². The summed E-state index contributed by atoms with van der Waals surface area (Å²) < 4.78 is 16.2. The molecule has 31 heavy (non-hydrogen) atoms. The topological polar surface area (TPSA) is 83.6 Å². The van der Waals surface area contributed by atoms with Gasteiger partial charge < -0.3 is 5.32 Å². The minimum absolute atomic E-state index is 0.148. The molecule has 2 heterocycles. The molecule has 1 aromatic carbocycles. The standard InChI is InChI=1S/C22H20FN5OS2/c23-17-7-3-1-6-15(17)20-26-27-22(28(20)13-9-10-13)30-12-19(29)25-21-16(11-24)14-5-2-4-8-18(14)31-21/h1,3,6-7,13H,2,4-5,8-10,12H2,(H,25,29). The van der Waals surface area contributed by atoms with E-state index in [1.54, 1.807) is 18.2 Å². The number of hydrogen-bond acceptors (Lipinski definition) is 6. The molecule has 0 bridgehead atoms. The molecule has 1 saturated carbocycles. The summed E-state index contributed by atoms with van der Waals surface area (Å²) >= 11 is 2.81. The summed E-state index contributed by atoms with van der Waals surface area (Å²) in [6, 6.07) is 9.04. The van der Waals surface area contributed by atoms with Crippen LogP contribution in [0.1, 0.15) is 47.7 Å². The van der Waals surface area contributed by atoms with E-state index in [9.17, 15) is 14.4 Å². The normalized spacial score (nSPS) is 15.4. The maximum absolute atomic E-state index is 14.3. The number of aromatic nitrogens is 3. The first kappa shape index (κ1) is 20.2. The van der Waals surface area contributed by atoms with Crippen LogP contribution in [0.15, 0.2) is 29.4 Å². The van der Waals surface area contributed by atoms with Gasteiger partial charge in [0.1, 0.15) is 16.9 Å². The number of hydrogen-bond donors (Lipinski definition) is 1. The van der Waals surface area contributed by atoms with Gasteiger partial charge in [-0.2, -0.15) is 5.26 Å². The van der Waals surface area contributed by atoms with Crippen molar-refractivity contribution in [1.82, 2.24) is 14.8 Å². The molecule has 0 spiro atoms. The number of halogens is 1. The van der Waals surface area contributed by atoms with Crippen molar-refractivity contribution in [3.05, 3.63) is 46.1 Å². The van der Waals surface area contributed by atoms with E-state index in [4.69, 9.17) is 0 Å². The van der Waals surface area contributed by atoms with E-state index in [-0.39, 0.29) is 23.5 Å². The molecule has 0 unspecified atom stereocenters. The SMILES string of the molecule is N#Cc1c(NC(=O)CSc2nnc(-c3ccccc3F)n2C2CC2)sc2c1CCCC2. The number of carbonyl (C=O) groups is 1. The molecule has 0 saturated heterocycles. The second-order valence-electron chi connectivity index (χ2n) is 7.75. The number of thioether (sulfide) groups is 1. The van der Waals surface area contributed by atoms with Gasteiger partial charge in [-0.15, -0.1) is 21.5 Å². The van der Waals surface area contributed by atoms with E-state index < -0.39 is 0 Å². The minimum Gasteiger partial charge on any atom is -0.316 e. The van der Waals surface area contributed by atoms with E-state index in [0.29, 0.717) is 27.1 Å². The largest absolute Gasteiger partial charge is 0.316 e. The van der Waals surface area contributed by atoms with Gasteiger partial charge in [0, 0.05) is 10.9 Å². The maximum atomic E-state index is 14.3. The fraction of sp³-hybridized carbons (Fsp3) is 0.364. The molecule has 1 N–H and O–H groups in total. The molecule has 2 aliphatic carbocycles. The molecule has 0 atom stereocenters. The number of rotatable bonds is 6. The summed E-state index contributed by atoms with van der Waals surface area (Å²) in [4.78, 5) is 13.9. The van der Waals surface area contributed by atoms with Gasteiger partial charge in [0.15, 0.2) is 11.0 Å². The summed E-state index contributed by atoms with van der Waals surface area (Å²) in [5.74, 6) is 0.131. The summed E-state index contributed by atoms with van der Waals surface area (Å²) in [5, 5.41) is 22.2. The maximum Gasteiger partial charge on any atom is 0.235 e. The zero-order chi connectivity index (χ0) is 21.4. The Balaban J connectivity index is 1.32. The lowest BCUT2D eigenvalue weighted by Crippen LogP contribution is -2.14. The van der Waals surface area contributed by atoms with Gasteiger partial charge in [0.2, 0.25) is 5.91 Å². The van der Waals surface area contributed by atoms with Crippen LogP contribution in [0, 0.1) is 17.1 Å². The van der Waals surface area contributed by atoms with E-state index >= 15 is 0 Å². The summed E-state index contributed by atoms with van der Waals surface area (Å²) in [7, 11) is 0. The van der Waals surface area contributed by atoms with E-state index in [0.717, 1.165) is 44.1 Å². The monoisotopic (exact) mass is 453 g/mol. The number of fused-ring (bicyclic) bond motifs is 1. The van der Waals surface area contributed by atoms with E-state index in [1.165, 1.54) is 34.0 Å². The van der Waals surface area contributed by atoms with Crippen LogP contribution in [0.3, 0.4) is 0 Å². The van der Waals surface area contributed by atoms with Gasteiger partial charge in [-0.25, -0.2) is 4.39 Å². The number of amides is 1. The lowest BCUT2D eigenvalue weighted by Gasteiger charge is -2.09. The van der Waals surface area contributed by atoms with Crippen LogP contribution in [0.4, 0.5) is 9.39 Å². The third-order valence-corrected chi connectivity index (χ3v) is 7.71. The Morgan fingerprint density at radius 2 is 2.10 bits per heavy atom. The van der Waals surface area contributed by atoms with Crippen molar-refractivity contribution >= 4 is 34.0 Å². The third-order valence-electron chi connectivity index (χ3n) is 5.56. The van der Waals surface area contributed by atoms with Crippen molar-refractivity contribution in [2.24, 2.45) is 0 Å². The molecule has 9 heteroatoms. The summed E-state index contributed by atoms with van der Waals surface area (Å²) in [6.07, 6.45) is 6.08. The minimum atomic E-state index is -0.336. The van der Waals surface area contributed by atoms with Crippen LogP contribution >= 0.6 is 23.1 Å². The Labute approximate surface area is 187 Å². The quantitative estimate of drug-likeness (QED) is 0.533. The molecule has 6 nitrogen and oxygen atoms in total. The second kappa shape index (κ2) is 8.44. The molecule has 1 amide bonds. The first-order chi connectivity index (χ1) is 15.2. The highest BCUT2D eigenvalue weighted by atomic mass is 32.2. The predicted molar refractivity (Wildman–Crippen MR) is 119 cm³/mol. The number of nitrogens with one attached hydrogen (secondary N) is 1. The number of anilines is 1. The highest BCUT2D eigenvalue weighted by Crippen LogP contribution is 2.42. The molecule has 2 aliphatic rings. The zero-order valence-corrected chi connectivity index (χ0v) is 18.4. The second-order valence-corrected chi connectivity index (χ2v) is 9.80. The number of nitriles is 1. The molecule has 0 radical (unpaired) electrons. The van der Waals surface area contributed by atoms with Crippen LogP contribution in [0.2, 0.25) is 0 Å². The summed E-state index contributed by atoms with van der Waals surface area (Å²) in [6.45, 7) is 0. The Morgan fingerprint density at radius 1 is 1.29 bits per heavy atom. The molecular formula is C22H20FN5OS2. The first-order valence-corrected chi connectivity index (χ1v) is 12.1. The highest BCUT2D eigenvalue weighted by molar-refractivity contribution is 7.99. The first-order valence-electron chi connectivity index (χ1n) is 10.3. The van der Waals surface area contributed by atoms with Crippen LogP contribution < -0.4 is 5.32 Å². The molecule has 2 aromatic heterocycles. The van der Waals surface area contributed by atoms with Gasteiger partial charge in [0.05, 0.1) is 16.9 Å². The van der Waals surface area contributed by atoms with E-state index in [1.807, 2.05) is 4.57 Å². The van der Waals surface area contributed by atoms with Crippen LogP contribution in [-0.4, -0.2) is 26.4 Å². The Bertz CT molecular complexity index is 1190. The molecule has 3 aromatic rings. The van der Waals surface area contributed by atoms with Crippen molar-refractivity contribution < 1.29 is 9.18 Å². The van der Waals surface area contributed by atoms with Crippen molar-refractivity contribution in [2.75, 3.05) is 11.1 Å².